The van der Waals surface area contributed by atoms with Gasteiger partial charge in [-0.1, -0.05) is 11.6 Å². The number of nitrogens with one attached hydrogen (secondary N) is 1. The fourth-order valence-corrected chi connectivity index (χ4v) is 2.02. The summed E-state index contributed by atoms with van der Waals surface area (Å²) in [5.74, 6) is 0.218. The Morgan fingerprint density at radius 3 is 2.76 bits per heavy atom. The highest BCUT2D eigenvalue weighted by Crippen LogP contribution is 2.36. The molecule has 3 N–H and O–H groups in total. The molecule has 0 aliphatic heterocycles. The minimum absolute atomic E-state index is 0.245. The Bertz CT molecular complexity index is 469. The van der Waals surface area contributed by atoms with E-state index < -0.39 is 5.91 Å². The Morgan fingerprint density at radius 2 is 2.14 bits per heavy atom. The number of rotatable bonds is 10. The zero-order valence-corrected chi connectivity index (χ0v) is 13.0. The van der Waals surface area contributed by atoms with Gasteiger partial charge in [-0.2, -0.15) is 0 Å². The lowest BCUT2D eigenvalue weighted by Gasteiger charge is -2.13. The molecule has 1 amide bonds. The topological polar surface area (TPSA) is 82.8 Å². The molecule has 1 aromatic rings. The summed E-state index contributed by atoms with van der Waals surface area (Å²) in [5, 5.41) is 3.65. The number of halogens is 1. The summed E-state index contributed by atoms with van der Waals surface area (Å²) >= 11 is 6.15. The summed E-state index contributed by atoms with van der Waals surface area (Å²) in [6.45, 7) is 1.96. The Hall–Kier alpha value is -1.50. The van der Waals surface area contributed by atoms with E-state index in [1.54, 1.807) is 13.2 Å². The molecule has 6 nitrogen and oxygen atoms in total. The quantitative estimate of drug-likeness (QED) is 0.636. The van der Waals surface area contributed by atoms with E-state index in [9.17, 15) is 4.79 Å². The standard InChI is InChI=1S/C14H21ClN2O4/c1-19-5-3-4-17-8-10-6-11(15)14(12(7-10)20-2)21-9-13(16)18/h6-7,17H,3-5,8-9H2,1-2H3,(H2,16,18). The second-order valence-corrected chi connectivity index (χ2v) is 4.79. The second kappa shape index (κ2) is 9.44. The first-order valence-corrected chi connectivity index (χ1v) is 6.93. The van der Waals surface area contributed by atoms with Crippen LogP contribution in [-0.4, -0.2) is 39.9 Å². The van der Waals surface area contributed by atoms with Crippen LogP contribution in [0, 0.1) is 0 Å². The van der Waals surface area contributed by atoms with Gasteiger partial charge in [-0.15, -0.1) is 0 Å². The number of benzene rings is 1. The molecule has 0 fully saturated rings. The average molecular weight is 317 g/mol. The Labute approximate surface area is 129 Å². The van der Waals surface area contributed by atoms with Gasteiger partial charge in [0, 0.05) is 20.3 Å². The highest BCUT2D eigenvalue weighted by molar-refractivity contribution is 6.32. The van der Waals surface area contributed by atoms with Gasteiger partial charge in [0.05, 0.1) is 12.1 Å². The first kappa shape index (κ1) is 17.6. The normalized spacial score (nSPS) is 10.4. The number of amides is 1. The number of methoxy groups -OCH3 is 2. The van der Waals surface area contributed by atoms with E-state index in [2.05, 4.69) is 5.32 Å². The molecule has 1 aromatic carbocycles. The highest BCUT2D eigenvalue weighted by Gasteiger charge is 2.13. The number of hydrogen-bond acceptors (Lipinski definition) is 5. The largest absolute Gasteiger partial charge is 0.493 e. The van der Waals surface area contributed by atoms with Crippen molar-refractivity contribution in [2.24, 2.45) is 5.73 Å². The molecule has 0 aliphatic carbocycles. The fraction of sp³-hybridized carbons (Fsp3) is 0.500. The predicted octanol–water partition coefficient (Wildman–Crippen LogP) is 1.34. The third-order valence-electron chi connectivity index (χ3n) is 2.68. The van der Waals surface area contributed by atoms with Crippen LogP contribution in [-0.2, 0) is 16.1 Å². The molecule has 0 radical (unpaired) electrons. The molecule has 21 heavy (non-hydrogen) atoms. The first-order valence-electron chi connectivity index (χ1n) is 6.55. The van der Waals surface area contributed by atoms with E-state index in [4.69, 9.17) is 31.5 Å². The lowest BCUT2D eigenvalue weighted by molar-refractivity contribution is -0.119. The molecule has 0 aliphatic rings. The fourth-order valence-electron chi connectivity index (χ4n) is 1.73. The second-order valence-electron chi connectivity index (χ2n) is 4.39. The third-order valence-corrected chi connectivity index (χ3v) is 2.96. The zero-order valence-electron chi connectivity index (χ0n) is 12.3. The number of primary amides is 1. The van der Waals surface area contributed by atoms with Crippen LogP contribution in [0.2, 0.25) is 5.02 Å². The summed E-state index contributed by atoms with van der Waals surface area (Å²) < 4.78 is 15.5. The average Bonchev–Trinajstić information content (AvgIpc) is 2.45. The summed E-state index contributed by atoms with van der Waals surface area (Å²) in [5.41, 5.74) is 6.01. The number of nitrogens with two attached hydrogens (primary N) is 1. The van der Waals surface area contributed by atoms with Gasteiger partial charge < -0.3 is 25.3 Å². The summed E-state index contributed by atoms with van der Waals surface area (Å²) in [7, 11) is 3.19. The van der Waals surface area contributed by atoms with Crippen molar-refractivity contribution in [3.05, 3.63) is 22.7 Å². The van der Waals surface area contributed by atoms with E-state index in [1.165, 1.54) is 7.11 Å². The number of carbonyl (C=O) groups excluding carboxylic acids is 1. The minimum Gasteiger partial charge on any atom is -0.493 e. The lowest BCUT2D eigenvalue weighted by Crippen LogP contribution is -2.20. The molecular formula is C14H21ClN2O4. The minimum atomic E-state index is -0.572. The van der Waals surface area contributed by atoms with Crippen molar-refractivity contribution in [2.45, 2.75) is 13.0 Å². The van der Waals surface area contributed by atoms with Crippen LogP contribution in [0.3, 0.4) is 0 Å². The Kier molecular flexibility index (Phi) is 7.89. The van der Waals surface area contributed by atoms with Crippen molar-refractivity contribution < 1.29 is 19.0 Å². The molecule has 0 spiro atoms. The summed E-state index contributed by atoms with van der Waals surface area (Å²) in [6, 6.07) is 3.58. The molecule has 0 atom stereocenters. The van der Waals surface area contributed by atoms with E-state index in [0.29, 0.717) is 23.1 Å². The van der Waals surface area contributed by atoms with Gasteiger partial charge in [0.1, 0.15) is 0 Å². The van der Waals surface area contributed by atoms with Crippen molar-refractivity contribution in [3.8, 4) is 11.5 Å². The van der Waals surface area contributed by atoms with Gasteiger partial charge in [0.25, 0.3) is 5.91 Å². The molecule has 7 heteroatoms. The summed E-state index contributed by atoms with van der Waals surface area (Å²) in [6.07, 6.45) is 0.932. The van der Waals surface area contributed by atoms with Crippen LogP contribution >= 0.6 is 11.6 Å². The molecule has 0 saturated carbocycles. The van der Waals surface area contributed by atoms with Gasteiger partial charge in [-0.25, -0.2) is 0 Å². The van der Waals surface area contributed by atoms with Crippen LogP contribution in [0.15, 0.2) is 12.1 Å². The third kappa shape index (κ3) is 6.20. The van der Waals surface area contributed by atoms with Gasteiger partial charge in [0.15, 0.2) is 18.1 Å². The number of ether oxygens (including phenoxy) is 3. The van der Waals surface area contributed by atoms with Crippen LogP contribution in [0.25, 0.3) is 0 Å². The molecule has 0 bridgehead atoms. The highest BCUT2D eigenvalue weighted by atomic mass is 35.5. The van der Waals surface area contributed by atoms with E-state index in [1.807, 2.05) is 6.07 Å². The van der Waals surface area contributed by atoms with E-state index in [-0.39, 0.29) is 6.61 Å². The Morgan fingerprint density at radius 1 is 1.38 bits per heavy atom. The van der Waals surface area contributed by atoms with Crippen LogP contribution in [0.1, 0.15) is 12.0 Å². The van der Waals surface area contributed by atoms with Crippen molar-refractivity contribution in [3.63, 3.8) is 0 Å². The maximum absolute atomic E-state index is 10.8. The van der Waals surface area contributed by atoms with Crippen molar-refractivity contribution >= 4 is 17.5 Å². The first-order chi connectivity index (χ1) is 10.1. The van der Waals surface area contributed by atoms with E-state index in [0.717, 1.165) is 25.1 Å². The van der Waals surface area contributed by atoms with Crippen molar-refractivity contribution in [1.82, 2.24) is 5.32 Å². The molecule has 1 rings (SSSR count). The monoisotopic (exact) mass is 316 g/mol. The Balaban J connectivity index is 2.67. The van der Waals surface area contributed by atoms with Crippen molar-refractivity contribution in [1.29, 1.82) is 0 Å². The SMILES string of the molecule is COCCCNCc1cc(Cl)c(OCC(N)=O)c(OC)c1. The zero-order chi connectivity index (χ0) is 15.7. The lowest BCUT2D eigenvalue weighted by atomic mass is 10.2. The maximum Gasteiger partial charge on any atom is 0.255 e. The number of carbonyl (C=O) groups is 1. The summed E-state index contributed by atoms with van der Waals surface area (Å²) in [4.78, 5) is 10.8. The van der Waals surface area contributed by atoms with Gasteiger partial charge in [-0.3, -0.25) is 4.79 Å². The maximum atomic E-state index is 10.8. The van der Waals surface area contributed by atoms with Crippen LogP contribution in [0.4, 0.5) is 0 Å². The molecule has 0 saturated heterocycles. The molecular weight excluding hydrogens is 296 g/mol. The van der Waals surface area contributed by atoms with Crippen LogP contribution < -0.4 is 20.5 Å². The van der Waals surface area contributed by atoms with E-state index >= 15 is 0 Å². The van der Waals surface area contributed by atoms with Crippen molar-refractivity contribution in [2.75, 3.05) is 34.0 Å². The smallest absolute Gasteiger partial charge is 0.255 e. The van der Waals surface area contributed by atoms with Crippen LogP contribution in [0.5, 0.6) is 11.5 Å². The van der Waals surface area contributed by atoms with Gasteiger partial charge in [0.2, 0.25) is 0 Å². The predicted molar refractivity (Wildman–Crippen MR) is 80.9 cm³/mol. The molecule has 118 valence electrons. The van der Waals surface area contributed by atoms with Gasteiger partial charge in [-0.05, 0) is 30.7 Å². The molecule has 0 heterocycles. The molecule has 0 aromatic heterocycles. The van der Waals surface area contributed by atoms with Gasteiger partial charge >= 0.3 is 0 Å². The number of hydrogen-bond donors (Lipinski definition) is 2. The molecule has 0 unspecified atom stereocenters.